The fourth-order valence-corrected chi connectivity index (χ4v) is 0.841. The van der Waals surface area contributed by atoms with Crippen LogP contribution in [0.5, 0.6) is 0 Å². The van der Waals surface area contributed by atoms with Gasteiger partial charge in [-0.05, 0) is 12.3 Å². The number of aliphatic hydroxyl groups is 1. The average Bonchev–Trinajstić information content (AvgIpc) is 1.94. The maximum absolute atomic E-state index is 8.74. The van der Waals surface area contributed by atoms with Crippen molar-refractivity contribution in [1.29, 1.82) is 0 Å². The molecule has 0 heterocycles. The molecule has 0 atom stereocenters. The molecule has 0 bridgehead atoms. The first-order valence-electron chi connectivity index (χ1n) is 4.58. The molecular weight excluding hydrogens is 247 g/mol. The number of aliphatic hydroxyl groups excluding tert-OH is 1. The van der Waals surface area contributed by atoms with Crippen molar-refractivity contribution < 1.29 is 75.4 Å². The molecule has 0 saturated carbocycles. The van der Waals surface area contributed by atoms with Gasteiger partial charge in [0.15, 0.2) is 0 Å². The van der Waals surface area contributed by atoms with E-state index in [9.17, 15) is 0 Å². The summed E-state index contributed by atoms with van der Waals surface area (Å²) in [5, 5.41) is 8.43. The van der Waals surface area contributed by atoms with Crippen LogP contribution in [-0.2, 0) is 10.4 Å². The molecule has 0 aliphatic rings. The van der Waals surface area contributed by atoms with Crippen molar-refractivity contribution in [3.05, 3.63) is 0 Å². The van der Waals surface area contributed by atoms with Crippen molar-refractivity contribution in [1.82, 2.24) is 0 Å². The quantitative estimate of drug-likeness (QED) is 0.326. The van der Waals surface area contributed by atoms with Gasteiger partial charge in [0, 0.05) is 6.61 Å². The maximum atomic E-state index is 8.74. The molecule has 5 nitrogen and oxygen atoms in total. The molecule has 0 fully saturated rings. The van der Waals surface area contributed by atoms with Crippen molar-refractivity contribution in [2.45, 2.75) is 39.5 Å². The number of unbranched alkanes of at least 4 members (excludes halogenated alkanes) is 2. The van der Waals surface area contributed by atoms with Crippen LogP contribution in [0.1, 0.15) is 41.0 Å². The zero-order valence-corrected chi connectivity index (χ0v) is 13.6. The standard InChI is InChI=1S/C8H18O.K.H2O4S.H/c1-8(2)6-4-3-5-7-9;;1-5(2,3)4;/h8-9H,3-7H2,1-2H3;;(H2,1,2,3,4);/q;+1;;-1. The van der Waals surface area contributed by atoms with Gasteiger partial charge in [-0.3, -0.25) is 9.11 Å². The van der Waals surface area contributed by atoms with Gasteiger partial charge in [-0.15, -0.1) is 0 Å². The van der Waals surface area contributed by atoms with Crippen molar-refractivity contribution in [3.63, 3.8) is 0 Å². The Labute approximate surface area is 136 Å². The molecule has 3 N–H and O–H groups in total. The SMILES string of the molecule is CC(C)CCCCCO.O=S(=O)(O)O.[H-].[K+]. The largest absolute Gasteiger partial charge is 1.00 e. The monoisotopic (exact) mass is 268 g/mol. The fraction of sp³-hybridized carbons (Fsp3) is 1.00. The van der Waals surface area contributed by atoms with Crippen molar-refractivity contribution >= 4 is 10.4 Å². The minimum atomic E-state index is -4.67. The Morgan fingerprint density at radius 3 is 1.80 bits per heavy atom. The Kier molecular flexibility index (Phi) is 19.6. The van der Waals surface area contributed by atoms with Crippen LogP contribution in [-0.4, -0.2) is 29.2 Å². The Morgan fingerprint density at radius 2 is 1.53 bits per heavy atom. The van der Waals surface area contributed by atoms with Crippen LogP contribution in [0, 0.1) is 5.92 Å². The van der Waals surface area contributed by atoms with Gasteiger partial charge in [0.1, 0.15) is 0 Å². The summed E-state index contributed by atoms with van der Waals surface area (Å²) < 4.78 is 31.6. The summed E-state index contributed by atoms with van der Waals surface area (Å²) >= 11 is 0. The van der Waals surface area contributed by atoms with Crippen molar-refractivity contribution in [2.24, 2.45) is 5.92 Å². The maximum Gasteiger partial charge on any atom is 1.00 e. The molecule has 0 saturated heterocycles. The zero-order valence-electron chi connectivity index (χ0n) is 10.7. The number of rotatable bonds is 5. The van der Waals surface area contributed by atoms with E-state index < -0.39 is 10.4 Å². The molecule has 0 aromatic rings. The molecule has 15 heavy (non-hydrogen) atoms. The average molecular weight is 268 g/mol. The van der Waals surface area contributed by atoms with E-state index in [-0.39, 0.29) is 52.8 Å². The molecule has 7 heteroatoms. The molecule has 0 spiro atoms. The molecule has 90 valence electrons. The van der Waals surface area contributed by atoms with E-state index in [1.54, 1.807) is 0 Å². The van der Waals surface area contributed by atoms with E-state index in [0.29, 0.717) is 6.61 Å². The third kappa shape index (κ3) is 50.3. The smallest absolute Gasteiger partial charge is 1.00 e. The van der Waals surface area contributed by atoms with Gasteiger partial charge in [0.2, 0.25) is 0 Å². The van der Waals surface area contributed by atoms with Gasteiger partial charge in [0.05, 0.1) is 0 Å². The number of hydrogen-bond donors (Lipinski definition) is 3. The van der Waals surface area contributed by atoms with Gasteiger partial charge < -0.3 is 6.53 Å². The van der Waals surface area contributed by atoms with Gasteiger partial charge in [0.25, 0.3) is 0 Å². The minimum Gasteiger partial charge on any atom is -1.00 e. The molecular formula is C8H21KO5S. The van der Waals surface area contributed by atoms with E-state index in [4.69, 9.17) is 22.6 Å². The summed E-state index contributed by atoms with van der Waals surface area (Å²) in [4.78, 5) is 0. The van der Waals surface area contributed by atoms with Crippen LogP contribution in [0.15, 0.2) is 0 Å². The molecule has 0 aromatic carbocycles. The summed E-state index contributed by atoms with van der Waals surface area (Å²) in [7, 11) is -4.67. The van der Waals surface area contributed by atoms with E-state index in [2.05, 4.69) is 13.8 Å². The van der Waals surface area contributed by atoms with Gasteiger partial charge in [-0.1, -0.05) is 33.1 Å². The normalized spacial score (nSPS) is 10.3. The third-order valence-electron chi connectivity index (χ3n) is 1.44. The fourth-order valence-electron chi connectivity index (χ4n) is 0.841. The van der Waals surface area contributed by atoms with Gasteiger partial charge >= 0.3 is 61.8 Å². The summed E-state index contributed by atoms with van der Waals surface area (Å²) in [5.74, 6) is 0.823. The van der Waals surface area contributed by atoms with E-state index in [0.717, 1.165) is 12.3 Å². The van der Waals surface area contributed by atoms with Gasteiger partial charge in [-0.25, -0.2) is 0 Å². The Bertz CT molecular complexity index is 200. The number of hydrogen-bond acceptors (Lipinski definition) is 3. The molecule has 0 aliphatic heterocycles. The molecule has 0 unspecified atom stereocenters. The van der Waals surface area contributed by atoms with Crippen LogP contribution >= 0.6 is 0 Å². The second-order valence-corrected chi connectivity index (χ2v) is 4.31. The third-order valence-corrected chi connectivity index (χ3v) is 1.44. The second kappa shape index (κ2) is 13.5. The van der Waals surface area contributed by atoms with Crippen LogP contribution < -0.4 is 51.4 Å². The first kappa shape index (κ1) is 21.7. The molecule has 0 amide bonds. The van der Waals surface area contributed by atoms with E-state index in [1.807, 2.05) is 0 Å². The second-order valence-electron chi connectivity index (χ2n) is 3.41. The summed E-state index contributed by atoms with van der Waals surface area (Å²) in [5.41, 5.74) is 0. The summed E-state index contributed by atoms with van der Waals surface area (Å²) in [6.07, 6.45) is 4.75. The van der Waals surface area contributed by atoms with Crippen LogP contribution in [0.3, 0.4) is 0 Å². The molecule has 0 aromatic heterocycles. The van der Waals surface area contributed by atoms with Crippen molar-refractivity contribution in [3.8, 4) is 0 Å². The van der Waals surface area contributed by atoms with Gasteiger partial charge in [-0.2, -0.15) is 8.42 Å². The van der Waals surface area contributed by atoms with E-state index >= 15 is 0 Å². The van der Waals surface area contributed by atoms with Crippen LogP contribution in [0.2, 0.25) is 0 Å². The topological polar surface area (TPSA) is 94.8 Å². The Morgan fingerprint density at radius 1 is 1.13 bits per heavy atom. The van der Waals surface area contributed by atoms with Crippen LogP contribution in [0.25, 0.3) is 0 Å². The molecule has 0 rings (SSSR count). The Balaban J connectivity index is -0.0000000904. The van der Waals surface area contributed by atoms with Crippen LogP contribution in [0.4, 0.5) is 0 Å². The van der Waals surface area contributed by atoms with Crippen molar-refractivity contribution in [2.75, 3.05) is 6.61 Å². The minimum absolute atomic E-state index is 0. The predicted octanol–water partition coefficient (Wildman–Crippen LogP) is -1.34. The molecule has 0 aliphatic carbocycles. The summed E-state index contributed by atoms with van der Waals surface area (Å²) in [6, 6.07) is 0. The summed E-state index contributed by atoms with van der Waals surface area (Å²) in [6.45, 7) is 4.83. The molecule has 0 radical (unpaired) electrons. The first-order chi connectivity index (χ1) is 6.27. The zero-order chi connectivity index (χ0) is 11.6. The van der Waals surface area contributed by atoms with E-state index in [1.165, 1.54) is 19.3 Å². The predicted molar refractivity (Wildman–Crippen MR) is 55.7 cm³/mol. The first-order valence-corrected chi connectivity index (χ1v) is 5.97. The Hall–Kier alpha value is 1.47.